The van der Waals surface area contributed by atoms with E-state index in [2.05, 4.69) is 4.98 Å². The van der Waals surface area contributed by atoms with Gasteiger partial charge in [-0.25, -0.2) is 0 Å². The van der Waals surface area contributed by atoms with E-state index >= 15 is 0 Å². The normalized spacial score (nSPS) is 10.9. The van der Waals surface area contributed by atoms with Crippen molar-refractivity contribution >= 4 is 35.7 Å². The van der Waals surface area contributed by atoms with Gasteiger partial charge in [-0.05, 0) is 0 Å². The topological polar surface area (TPSA) is 44.1 Å². The molecular weight excluding hydrogens is 303 g/mol. The van der Waals surface area contributed by atoms with Gasteiger partial charge in [0, 0.05) is 0 Å². The third-order valence-electron chi connectivity index (χ3n) is 2.38. The van der Waals surface area contributed by atoms with Crippen LogP contribution in [0.3, 0.4) is 0 Å². The molecule has 0 bridgehead atoms. The van der Waals surface area contributed by atoms with Gasteiger partial charge in [0.05, 0.1) is 0 Å². The Morgan fingerprint density at radius 1 is 1.47 bits per heavy atom. The summed E-state index contributed by atoms with van der Waals surface area (Å²) in [4.78, 5) is 16.4. The van der Waals surface area contributed by atoms with E-state index in [1.807, 2.05) is 17.5 Å². The molecule has 2 aromatic heterocycles. The molecule has 4 nitrogen and oxygen atoms in total. The average Bonchev–Trinajstić information content (AvgIpc) is 2.97. The van der Waals surface area contributed by atoms with Gasteiger partial charge in [-0.15, -0.1) is 0 Å². The molecule has 3 aromatic rings. The van der Waals surface area contributed by atoms with Crippen LogP contribution in [0.25, 0.3) is 14.8 Å². The Labute approximate surface area is 107 Å². The average molecular weight is 311 g/mol. The summed E-state index contributed by atoms with van der Waals surface area (Å²) in [6.45, 7) is 0. The molecule has 0 fully saturated rings. The molecule has 0 aliphatic rings. The second-order valence-electron chi connectivity index (χ2n) is 3.37. The summed E-state index contributed by atoms with van der Waals surface area (Å²) in [7, 11) is 1.60. The third kappa shape index (κ3) is 1.74. The van der Waals surface area contributed by atoms with Crippen LogP contribution in [0.4, 0.5) is 0 Å². The van der Waals surface area contributed by atoms with Crippen molar-refractivity contribution in [2.24, 2.45) is 0 Å². The van der Waals surface area contributed by atoms with Crippen LogP contribution < -0.4 is 10.3 Å². The Kier molecular flexibility index (Phi) is 2.63. The number of nitrogens with zero attached hydrogens (tertiary/aromatic N) is 2. The number of thiazole rings is 1. The van der Waals surface area contributed by atoms with Crippen LogP contribution in [0.5, 0.6) is 5.75 Å². The fourth-order valence-electron chi connectivity index (χ4n) is 1.57. The van der Waals surface area contributed by atoms with Gasteiger partial charge in [-0.3, -0.25) is 0 Å². The SMILES string of the molecule is COc1ccc2[se]n(-c3nccs3)c(=O)c2c1. The van der Waals surface area contributed by atoms with Gasteiger partial charge >= 0.3 is 107 Å². The minimum absolute atomic E-state index is 0.0173. The van der Waals surface area contributed by atoms with Crippen molar-refractivity contribution in [2.45, 2.75) is 0 Å². The van der Waals surface area contributed by atoms with E-state index < -0.39 is 0 Å². The second kappa shape index (κ2) is 4.14. The van der Waals surface area contributed by atoms with Crippen molar-refractivity contribution in [3.05, 3.63) is 40.1 Å². The molecule has 0 saturated heterocycles. The van der Waals surface area contributed by atoms with Crippen molar-refractivity contribution in [1.29, 1.82) is 0 Å². The van der Waals surface area contributed by atoms with E-state index in [1.165, 1.54) is 11.3 Å². The van der Waals surface area contributed by atoms with Crippen LogP contribution in [-0.4, -0.2) is 30.4 Å². The molecule has 0 radical (unpaired) electrons. The summed E-state index contributed by atoms with van der Waals surface area (Å²) in [6.07, 6.45) is 1.72. The van der Waals surface area contributed by atoms with Gasteiger partial charge in [0.25, 0.3) is 0 Å². The standard InChI is InChI=1S/C11H8N2O2SSe/c1-15-7-2-3-9-8(6-7)10(14)13(17-9)11-12-4-5-16-11/h2-6H,1H3. The van der Waals surface area contributed by atoms with Crippen molar-refractivity contribution in [1.82, 2.24) is 8.55 Å². The first-order chi connectivity index (χ1) is 8.29. The molecule has 86 valence electrons. The molecule has 17 heavy (non-hydrogen) atoms. The molecule has 2 heterocycles. The Morgan fingerprint density at radius 2 is 2.35 bits per heavy atom. The first-order valence-corrected chi connectivity index (χ1v) is 7.40. The first kappa shape index (κ1) is 10.8. The van der Waals surface area contributed by atoms with Crippen LogP contribution in [0.15, 0.2) is 34.6 Å². The zero-order valence-corrected chi connectivity index (χ0v) is 11.4. The van der Waals surface area contributed by atoms with E-state index in [-0.39, 0.29) is 20.3 Å². The molecule has 6 heteroatoms. The summed E-state index contributed by atoms with van der Waals surface area (Å²) in [5.74, 6) is 0.717. The predicted octanol–water partition coefficient (Wildman–Crippen LogP) is 1.51. The van der Waals surface area contributed by atoms with Gasteiger partial charge in [-0.2, -0.15) is 0 Å². The molecule has 1 aromatic carbocycles. The van der Waals surface area contributed by atoms with Crippen LogP contribution >= 0.6 is 11.3 Å². The fourth-order valence-corrected chi connectivity index (χ4v) is 4.42. The van der Waals surface area contributed by atoms with E-state index in [0.29, 0.717) is 5.75 Å². The van der Waals surface area contributed by atoms with E-state index in [0.717, 1.165) is 14.8 Å². The summed E-state index contributed by atoms with van der Waals surface area (Å²) in [5, 5.41) is 3.38. The Morgan fingerprint density at radius 3 is 3.06 bits per heavy atom. The van der Waals surface area contributed by atoms with Crippen molar-refractivity contribution in [2.75, 3.05) is 7.11 Å². The monoisotopic (exact) mass is 312 g/mol. The number of aromatic nitrogens is 2. The van der Waals surface area contributed by atoms with Gasteiger partial charge in [-0.1, -0.05) is 0 Å². The van der Waals surface area contributed by atoms with Crippen LogP contribution in [0.1, 0.15) is 0 Å². The molecule has 0 unspecified atom stereocenters. The number of methoxy groups -OCH3 is 1. The summed E-state index contributed by atoms with van der Waals surface area (Å²) >= 11 is 1.47. The molecule has 0 amide bonds. The van der Waals surface area contributed by atoms with E-state index in [9.17, 15) is 4.79 Å². The van der Waals surface area contributed by atoms with Gasteiger partial charge < -0.3 is 0 Å². The van der Waals surface area contributed by atoms with Crippen molar-refractivity contribution < 1.29 is 4.74 Å². The molecule has 0 aliphatic heterocycles. The Hall–Kier alpha value is -1.36. The summed E-state index contributed by atoms with van der Waals surface area (Å²) < 4.78 is 7.97. The number of rotatable bonds is 2. The first-order valence-electron chi connectivity index (χ1n) is 4.89. The third-order valence-corrected chi connectivity index (χ3v) is 5.66. The number of benzene rings is 1. The molecule has 0 atom stereocenters. The zero-order chi connectivity index (χ0) is 11.8. The van der Waals surface area contributed by atoms with Crippen LogP contribution in [-0.2, 0) is 0 Å². The Balaban J connectivity index is 2.29. The molecular formula is C11H8N2O2SSe. The number of fused-ring (bicyclic) bond motifs is 1. The van der Waals surface area contributed by atoms with Crippen LogP contribution in [0, 0.1) is 0 Å². The van der Waals surface area contributed by atoms with Gasteiger partial charge in [0.1, 0.15) is 0 Å². The summed E-state index contributed by atoms with van der Waals surface area (Å²) in [5.41, 5.74) is 0.0221. The maximum absolute atomic E-state index is 12.2. The zero-order valence-electron chi connectivity index (χ0n) is 8.91. The number of ether oxygens (including phenoxy) is 1. The second-order valence-corrected chi connectivity index (χ2v) is 6.31. The van der Waals surface area contributed by atoms with Crippen LogP contribution in [0.2, 0.25) is 0 Å². The van der Waals surface area contributed by atoms with E-state index in [4.69, 9.17) is 4.74 Å². The van der Waals surface area contributed by atoms with Gasteiger partial charge in [0.2, 0.25) is 0 Å². The predicted molar refractivity (Wildman–Crippen MR) is 68.7 cm³/mol. The molecule has 0 aliphatic carbocycles. The quantitative estimate of drug-likeness (QED) is 0.674. The minimum atomic E-state index is -0.0173. The fraction of sp³-hybridized carbons (Fsp3) is 0.0909. The Bertz CT molecular complexity index is 715. The van der Waals surface area contributed by atoms with Gasteiger partial charge in [0.15, 0.2) is 0 Å². The number of hydrogen-bond donors (Lipinski definition) is 0. The summed E-state index contributed by atoms with van der Waals surface area (Å²) in [6, 6.07) is 5.64. The molecule has 0 N–H and O–H groups in total. The maximum atomic E-state index is 12.2. The number of hydrogen-bond acceptors (Lipinski definition) is 4. The van der Waals surface area contributed by atoms with Crippen molar-refractivity contribution in [3.8, 4) is 10.9 Å². The molecule has 0 saturated carbocycles. The molecule has 0 spiro atoms. The van der Waals surface area contributed by atoms with E-state index in [1.54, 1.807) is 22.9 Å². The molecule has 3 rings (SSSR count). The van der Waals surface area contributed by atoms with Crippen molar-refractivity contribution in [3.63, 3.8) is 0 Å².